The lowest BCUT2D eigenvalue weighted by molar-refractivity contribution is -0.142. The van der Waals surface area contributed by atoms with Crippen LogP contribution in [0.2, 0.25) is 0 Å². The molecule has 2 fully saturated rings. The maximum Gasteiger partial charge on any atom is 0.315 e. The molecule has 3 N–H and O–H groups in total. The molecular formula is C19H27N3O3. The molecule has 3 rings (SSSR count). The molecule has 1 aliphatic carbocycles. The normalized spacial score (nSPS) is 26.7. The molecule has 0 spiro atoms. The fourth-order valence-corrected chi connectivity index (χ4v) is 3.87. The summed E-state index contributed by atoms with van der Waals surface area (Å²) in [6, 6.07) is 10.4. The number of nitrogens with one attached hydrogen (secondary N) is 2. The fraction of sp³-hybridized carbons (Fsp3) is 0.579. The van der Waals surface area contributed by atoms with Crippen LogP contribution in [0.3, 0.4) is 0 Å². The number of anilines is 1. The Morgan fingerprint density at radius 2 is 1.64 bits per heavy atom. The predicted octanol–water partition coefficient (Wildman–Crippen LogP) is 2.60. The summed E-state index contributed by atoms with van der Waals surface area (Å²) in [4.78, 5) is 25.6. The number of nitrogens with zero attached hydrogens (tertiary/aromatic N) is 1. The van der Waals surface area contributed by atoms with Gasteiger partial charge in [0.25, 0.3) is 0 Å². The summed E-state index contributed by atoms with van der Waals surface area (Å²) in [5.41, 5.74) is 1.20. The number of urea groups is 1. The molecule has 6 heteroatoms. The van der Waals surface area contributed by atoms with Crippen LogP contribution in [0, 0.1) is 5.92 Å². The maximum atomic E-state index is 12.3. The molecule has 1 aromatic carbocycles. The van der Waals surface area contributed by atoms with Crippen LogP contribution in [0.5, 0.6) is 0 Å². The van der Waals surface area contributed by atoms with Gasteiger partial charge >= 0.3 is 12.0 Å². The Kier molecular flexibility index (Phi) is 5.79. The van der Waals surface area contributed by atoms with Crippen molar-refractivity contribution >= 4 is 17.7 Å². The number of carboxylic acid groups (broad SMARTS) is 1. The van der Waals surface area contributed by atoms with Crippen molar-refractivity contribution in [3.05, 3.63) is 30.3 Å². The average molecular weight is 345 g/mol. The van der Waals surface area contributed by atoms with E-state index in [1.807, 2.05) is 18.2 Å². The molecule has 1 heterocycles. The summed E-state index contributed by atoms with van der Waals surface area (Å²) in [6.45, 7) is 1.84. The number of para-hydroxylation sites is 1. The first-order valence-corrected chi connectivity index (χ1v) is 9.21. The standard InChI is InChI=1S/C19H27N3O3/c23-18(24)14-8-10-15(11-9-14)20-19(25)21-16-5-4-12-22(13-16)17-6-2-1-3-7-17/h1-3,6-7,14-16H,4-5,8-13H2,(H,23,24)(H2,20,21,25). The Bertz CT molecular complexity index is 585. The minimum atomic E-state index is -0.717. The van der Waals surface area contributed by atoms with Gasteiger partial charge in [0.2, 0.25) is 0 Å². The van der Waals surface area contributed by atoms with Crippen LogP contribution in [0.4, 0.5) is 10.5 Å². The minimum Gasteiger partial charge on any atom is -0.481 e. The molecule has 2 aliphatic rings. The Labute approximate surface area is 148 Å². The van der Waals surface area contributed by atoms with Crippen molar-refractivity contribution in [1.29, 1.82) is 0 Å². The molecule has 1 saturated heterocycles. The number of carbonyl (C=O) groups excluding carboxylic acids is 1. The van der Waals surface area contributed by atoms with Crippen LogP contribution in [0.1, 0.15) is 38.5 Å². The summed E-state index contributed by atoms with van der Waals surface area (Å²) in [5.74, 6) is -0.968. The van der Waals surface area contributed by atoms with Crippen molar-refractivity contribution in [2.24, 2.45) is 5.92 Å². The highest BCUT2D eigenvalue weighted by molar-refractivity contribution is 5.75. The van der Waals surface area contributed by atoms with Crippen LogP contribution in [-0.2, 0) is 4.79 Å². The fourth-order valence-electron chi connectivity index (χ4n) is 3.87. The first-order valence-electron chi connectivity index (χ1n) is 9.21. The number of piperidine rings is 1. The van der Waals surface area contributed by atoms with Crippen molar-refractivity contribution in [2.45, 2.75) is 50.6 Å². The zero-order valence-electron chi connectivity index (χ0n) is 14.5. The largest absolute Gasteiger partial charge is 0.481 e. The third kappa shape index (κ3) is 4.87. The van der Waals surface area contributed by atoms with Gasteiger partial charge < -0.3 is 20.6 Å². The van der Waals surface area contributed by atoms with E-state index in [-0.39, 0.29) is 24.0 Å². The number of hydrogen-bond acceptors (Lipinski definition) is 3. The van der Waals surface area contributed by atoms with E-state index in [2.05, 4.69) is 27.7 Å². The van der Waals surface area contributed by atoms with Crippen LogP contribution in [0.25, 0.3) is 0 Å². The van der Waals surface area contributed by atoms with Crippen LogP contribution < -0.4 is 15.5 Å². The van der Waals surface area contributed by atoms with Crippen LogP contribution >= 0.6 is 0 Å². The topological polar surface area (TPSA) is 81.7 Å². The van der Waals surface area contributed by atoms with Gasteiger partial charge in [-0.25, -0.2) is 4.79 Å². The molecule has 0 aromatic heterocycles. The van der Waals surface area contributed by atoms with E-state index in [4.69, 9.17) is 5.11 Å². The Hall–Kier alpha value is -2.24. The molecule has 1 aromatic rings. The van der Waals surface area contributed by atoms with Gasteiger partial charge in [0.15, 0.2) is 0 Å². The zero-order chi connectivity index (χ0) is 17.6. The number of rotatable bonds is 4. The van der Waals surface area contributed by atoms with E-state index in [0.29, 0.717) is 12.8 Å². The lowest BCUT2D eigenvalue weighted by Gasteiger charge is -2.35. The van der Waals surface area contributed by atoms with Gasteiger partial charge in [0.05, 0.1) is 5.92 Å². The van der Waals surface area contributed by atoms with Gasteiger partial charge in [-0.2, -0.15) is 0 Å². The molecule has 1 saturated carbocycles. The van der Waals surface area contributed by atoms with Gasteiger partial charge in [0, 0.05) is 30.9 Å². The van der Waals surface area contributed by atoms with E-state index in [9.17, 15) is 9.59 Å². The number of benzene rings is 1. The van der Waals surface area contributed by atoms with Crippen molar-refractivity contribution < 1.29 is 14.7 Å². The Balaban J connectivity index is 1.44. The van der Waals surface area contributed by atoms with Gasteiger partial charge in [-0.05, 0) is 50.7 Å². The Morgan fingerprint density at radius 3 is 2.32 bits per heavy atom. The Morgan fingerprint density at radius 1 is 0.960 bits per heavy atom. The lowest BCUT2D eigenvalue weighted by Crippen LogP contribution is -2.52. The smallest absolute Gasteiger partial charge is 0.315 e. The van der Waals surface area contributed by atoms with E-state index < -0.39 is 5.97 Å². The second kappa shape index (κ2) is 8.23. The monoisotopic (exact) mass is 345 g/mol. The minimum absolute atomic E-state index is 0.0874. The summed E-state index contributed by atoms with van der Waals surface area (Å²) in [5, 5.41) is 15.1. The molecule has 25 heavy (non-hydrogen) atoms. The second-order valence-corrected chi connectivity index (χ2v) is 7.13. The number of carbonyl (C=O) groups is 2. The summed E-state index contributed by atoms with van der Waals surface area (Å²) >= 11 is 0. The number of aliphatic carboxylic acids is 1. The van der Waals surface area contributed by atoms with Crippen molar-refractivity contribution in [3.8, 4) is 0 Å². The molecule has 0 bridgehead atoms. The second-order valence-electron chi connectivity index (χ2n) is 7.13. The van der Waals surface area contributed by atoms with Crippen molar-refractivity contribution in [3.63, 3.8) is 0 Å². The zero-order valence-corrected chi connectivity index (χ0v) is 14.5. The highest BCUT2D eigenvalue weighted by Gasteiger charge is 2.27. The molecule has 2 amide bonds. The van der Waals surface area contributed by atoms with E-state index in [1.54, 1.807) is 0 Å². The average Bonchev–Trinajstić information content (AvgIpc) is 2.63. The van der Waals surface area contributed by atoms with Gasteiger partial charge in [-0.15, -0.1) is 0 Å². The summed E-state index contributed by atoms with van der Waals surface area (Å²) < 4.78 is 0. The quantitative estimate of drug-likeness (QED) is 0.783. The van der Waals surface area contributed by atoms with Gasteiger partial charge in [-0.3, -0.25) is 4.79 Å². The predicted molar refractivity (Wildman–Crippen MR) is 96.7 cm³/mol. The highest BCUT2D eigenvalue weighted by Crippen LogP contribution is 2.24. The summed E-state index contributed by atoms with van der Waals surface area (Å²) in [6.07, 6.45) is 4.82. The molecule has 1 aliphatic heterocycles. The third-order valence-electron chi connectivity index (χ3n) is 5.29. The van der Waals surface area contributed by atoms with E-state index in [1.165, 1.54) is 5.69 Å². The van der Waals surface area contributed by atoms with Crippen LogP contribution in [-0.4, -0.2) is 42.3 Å². The maximum absolute atomic E-state index is 12.3. The number of amides is 2. The van der Waals surface area contributed by atoms with Crippen molar-refractivity contribution in [1.82, 2.24) is 10.6 Å². The number of carboxylic acids is 1. The lowest BCUT2D eigenvalue weighted by atomic mass is 9.86. The molecule has 6 nitrogen and oxygen atoms in total. The highest BCUT2D eigenvalue weighted by atomic mass is 16.4. The molecule has 1 atom stereocenters. The molecule has 136 valence electrons. The van der Waals surface area contributed by atoms with E-state index >= 15 is 0 Å². The van der Waals surface area contributed by atoms with Gasteiger partial charge in [0.1, 0.15) is 0 Å². The first kappa shape index (κ1) is 17.6. The molecule has 1 unspecified atom stereocenters. The first-order chi connectivity index (χ1) is 12.1. The molecule has 0 radical (unpaired) electrons. The van der Waals surface area contributed by atoms with E-state index in [0.717, 1.165) is 38.8 Å². The SMILES string of the molecule is O=C(NC1CCC(C(=O)O)CC1)NC1CCCN(c2ccccc2)C1. The molecular weight excluding hydrogens is 318 g/mol. The summed E-state index contributed by atoms with van der Waals surface area (Å²) in [7, 11) is 0. The van der Waals surface area contributed by atoms with Gasteiger partial charge in [-0.1, -0.05) is 18.2 Å². The van der Waals surface area contributed by atoms with Crippen LogP contribution in [0.15, 0.2) is 30.3 Å². The third-order valence-corrected chi connectivity index (χ3v) is 5.29. The number of hydrogen-bond donors (Lipinski definition) is 3. The van der Waals surface area contributed by atoms with Crippen molar-refractivity contribution in [2.75, 3.05) is 18.0 Å².